The molecule has 0 aromatic carbocycles. The fourth-order valence-corrected chi connectivity index (χ4v) is 2.14. The van der Waals surface area contributed by atoms with Gasteiger partial charge in [-0.15, -0.1) is 0 Å². The van der Waals surface area contributed by atoms with Gasteiger partial charge < -0.3 is 18.9 Å². The maximum atomic E-state index is 11.9. The third kappa shape index (κ3) is 20.3. The van der Waals surface area contributed by atoms with Gasteiger partial charge in [0, 0.05) is 0 Å². The number of nitrogens with zero attached hydrogens (tertiary/aromatic N) is 1. The highest BCUT2D eigenvalue weighted by Gasteiger charge is 2.27. The van der Waals surface area contributed by atoms with Gasteiger partial charge in [-0.25, -0.2) is 4.57 Å². The zero-order valence-electron chi connectivity index (χ0n) is 16.8. The number of esters is 2. The molecule has 0 fully saturated rings. The lowest BCUT2D eigenvalue weighted by Gasteiger charge is -2.24. The van der Waals surface area contributed by atoms with Gasteiger partial charge in [-0.05, 0) is 0 Å². The van der Waals surface area contributed by atoms with Gasteiger partial charge >= 0.3 is 19.8 Å². The van der Waals surface area contributed by atoms with Crippen molar-refractivity contribution in [3.63, 3.8) is 0 Å². The van der Waals surface area contributed by atoms with Crippen molar-refractivity contribution >= 4 is 19.8 Å². The van der Waals surface area contributed by atoms with Crippen LogP contribution in [-0.2, 0) is 32.7 Å². The van der Waals surface area contributed by atoms with Crippen LogP contribution in [0.4, 0.5) is 0 Å². The van der Waals surface area contributed by atoms with Crippen molar-refractivity contribution in [3.05, 3.63) is 0 Å². The van der Waals surface area contributed by atoms with Crippen LogP contribution in [0.2, 0.25) is 0 Å². The highest BCUT2D eigenvalue weighted by atomic mass is 31.2. The molecule has 0 aromatic rings. The van der Waals surface area contributed by atoms with Crippen molar-refractivity contribution in [2.45, 2.75) is 63.5 Å². The van der Waals surface area contributed by atoms with Crippen molar-refractivity contribution in [1.29, 1.82) is 0 Å². The fraction of sp³-hybridized carbons (Fsp3) is 0.900. The third-order valence-corrected chi connectivity index (χ3v) is 4.06. The van der Waals surface area contributed by atoms with E-state index in [9.17, 15) is 19.0 Å². The Morgan fingerprint density at radius 2 is 1.33 bits per heavy atom. The number of quaternary nitrogens is 1. The van der Waals surface area contributed by atoms with Gasteiger partial charge in [0.05, 0.1) is 39.6 Å². The molecule has 0 amide bonds. The lowest BCUT2D eigenvalue weighted by molar-refractivity contribution is -0.870. The Morgan fingerprint density at radius 1 is 0.867 bits per heavy atom. The molecule has 1 N–H and O–H groups in total. The number of likely N-dealkylation sites (N-methyl/N-ethyl adjacent to an activating group) is 1. The standard InChI is InChI=1S/C16H32NO8P.4CH4/c1-12(2)15(18)22-10-14(25-16(19)13(3)4)11-24-26(20,21)23-9-8-17(5,6)7;;;;/h12-14H,8-11H2,1-7H3;4*1H4/p+1/t14-;;;;/m0..../s1. The number of carbonyl (C=O) groups is 2. The van der Waals surface area contributed by atoms with Crippen LogP contribution < -0.4 is 0 Å². The summed E-state index contributed by atoms with van der Waals surface area (Å²) in [7, 11) is 1.43. The second-order valence-electron chi connectivity index (χ2n) is 7.61. The molecule has 0 aromatic heterocycles. The summed E-state index contributed by atoms with van der Waals surface area (Å²) in [5.74, 6) is -1.75. The Kier molecular flexibility index (Phi) is 23.2. The predicted octanol–water partition coefficient (Wildman–Crippen LogP) is 4.14. The lowest BCUT2D eigenvalue weighted by Crippen LogP contribution is -2.37. The molecule has 0 aliphatic carbocycles. The van der Waals surface area contributed by atoms with Gasteiger partial charge in [-0.3, -0.25) is 18.6 Å². The summed E-state index contributed by atoms with van der Waals surface area (Å²) in [6.07, 6.45) is -1.00. The third-order valence-electron chi connectivity index (χ3n) is 3.08. The molecule has 9 nitrogen and oxygen atoms in total. The summed E-state index contributed by atoms with van der Waals surface area (Å²) in [5.41, 5.74) is 0. The quantitative estimate of drug-likeness (QED) is 0.262. The largest absolute Gasteiger partial charge is 0.472 e. The lowest BCUT2D eigenvalue weighted by atomic mass is 10.2. The van der Waals surface area contributed by atoms with Crippen LogP contribution in [0.25, 0.3) is 0 Å². The SMILES string of the molecule is C.C.C.C.CC(C)C(=O)OC[C@@H](COP(=O)(O)OCC[N+](C)(C)C)OC(=O)C(C)C. The molecule has 0 rings (SSSR count). The average molecular weight is 463 g/mol. The molecule has 0 aliphatic rings. The number of hydrogen-bond acceptors (Lipinski definition) is 7. The Hall–Kier alpha value is -0.990. The summed E-state index contributed by atoms with van der Waals surface area (Å²) < 4.78 is 32.5. The molecule has 0 bridgehead atoms. The maximum Gasteiger partial charge on any atom is 0.472 e. The Morgan fingerprint density at radius 3 is 1.73 bits per heavy atom. The molecule has 0 saturated heterocycles. The zero-order valence-corrected chi connectivity index (χ0v) is 17.7. The minimum absolute atomic E-state index is 0. The average Bonchev–Trinajstić information content (AvgIpc) is 2.47. The highest BCUT2D eigenvalue weighted by molar-refractivity contribution is 7.47. The number of carbonyl (C=O) groups excluding carboxylic acids is 2. The first-order chi connectivity index (χ1) is 11.7. The van der Waals surface area contributed by atoms with Gasteiger partial charge in [0.2, 0.25) is 0 Å². The molecule has 30 heavy (non-hydrogen) atoms. The van der Waals surface area contributed by atoms with E-state index >= 15 is 0 Å². The zero-order chi connectivity index (χ0) is 20.5. The Bertz CT molecular complexity index is 504. The number of ether oxygens (including phenoxy) is 2. The maximum absolute atomic E-state index is 11.9. The number of phosphoric acid groups is 1. The van der Waals surface area contributed by atoms with E-state index in [1.54, 1.807) is 27.7 Å². The van der Waals surface area contributed by atoms with E-state index in [0.29, 0.717) is 11.0 Å². The van der Waals surface area contributed by atoms with E-state index in [0.717, 1.165) is 0 Å². The van der Waals surface area contributed by atoms with Crippen molar-refractivity contribution in [1.82, 2.24) is 0 Å². The van der Waals surface area contributed by atoms with Crippen LogP contribution >= 0.6 is 7.82 Å². The molecule has 0 saturated carbocycles. The molecule has 186 valence electrons. The summed E-state index contributed by atoms with van der Waals surface area (Å²) in [5, 5.41) is 0. The van der Waals surface area contributed by atoms with E-state index < -0.39 is 38.4 Å². The molecule has 0 heterocycles. The molecule has 0 radical (unpaired) electrons. The van der Waals surface area contributed by atoms with E-state index in [2.05, 4.69) is 0 Å². The first kappa shape index (κ1) is 39.5. The topological polar surface area (TPSA) is 108 Å². The summed E-state index contributed by atoms with van der Waals surface area (Å²) in [6, 6.07) is 0. The van der Waals surface area contributed by atoms with Crippen LogP contribution in [0.15, 0.2) is 0 Å². The van der Waals surface area contributed by atoms with Crippen LogP contribution in [0.1, 0.15) is 57.4 Å². The van der Waals surface area contributed by atoms with Crippen molar-refractivity contribution in [3.8, 4) is 0 Å². The molecule has 2 atom stereocenters. The molecular weight excluding hydrogens is 413 g/mol. The minimum Gasteiger partial charge on any atom is -0.461 e. The monoisotopic (exact) mass is 462 g/mol. The van der Waals surface area contributed by atoms with Gasteiger partial charge in [-0.2, -0.15) is 0 Å². The van der Waals surface area contributed by atoms with E-state index in [1.165, 1.54) is 0 Å². The van der Waals surface area contributed by atoms with E-state index in [4.69, 9.17) is 18.5 Å². The van der Waals surface area contributed by atoms with Gasteiger partial charge in [0.1, 0.15) is 19.8 Å². The van der Waals surface area contributed by atoms with Crippen LogP contribution in [0.5, 0.6) is 0 Å². The van der Waals surface area contributed by atoms with Gasteiger partial charge in [0.15, 0.2) is 6.10 Å². The second-order valence-corrected chi connectivity index (χ2v) is 9.06. The minimum atomic E-state index is -4.31. The molecule has 10 heteroatoms. The number of hydrogen-bond donors (Lipinski definition) is 1. The highest BCUT2D eigenvalue weighted by Crippen LogP contribution is 2.43. The van der Waals surface area contributed by atoms with Crippen molar-refractivity contribution in [2.24, 2.45) is 11.8 Å². The fourth-order valence-electron chi connectivity index (χ4n) is 1.40. The summed E-state index contributed by atoms with van der Waals surface area (Å²) >= 11 is 0. The van der Waals surface area contributed by atoms with Crippen LogP contribution in [0, 0.1) is 11.8 Å². The first-order valence-electron chi connectivity index (χ1n) is 8.53. The number of rotatable bonds is 12. The van der Waals surface area contributed by atoms with Crippen molar-refractivity contribution < 1.29 is 42.1 Å². The summed E-state index contributed by atoms with van der Waals surface area (Å²) in [6.45, 7) is 6.45. The van der Waals surface area contributed by atoms with Crippen LogP contribution in [0.3, 0.4) is 0 Å². The van der Waals surface area contributed by atoms with Crippen molar-refractivity contribution in [2.75, 3.05) is 47.5 Å². The summed E-state index contributed by atoms with van der Waals surface area (Å²) in [4.78, 5) is 33.0. The Labute approximate surface area is 185 Å². The molecule has 1 unspecified atom stereocenters. The normalized spacial score (nSPS) is 13.5. The number of phosphoric ester groups is 1. The second kappa shape index (κ2) is 17.7. The predicted molar refractivity (Wildman–Crippen MR) is 122 cm³/mol. The molecule has 0 spiro atoms. The smallest absolute Gasteiger partial charge is 0.461 e. The molecular formula is C20H49NO8P+. The Balaban J connectivity index is -0.000000521. The molecule has 0 aliphatic heterocycles. The first-order valence-corrected chi connectivity index (χ1v) is 10.0. The van der Waals surface area contributed by atoms with E-state index in [1.807, 2.05) is 21.1 Å². The van der Waals surface area contributed by atoms with Crippen LogP contribution in [-0.4, -0.2) is 74.9 Å². The van der Waals surface area contributed by atoms with Gasteiger partial charge in [0.25, 0.3) is 0 Å². The van der Waals surface area contributed by atoms with E-state index in [-0.39, 0.29) is 48.8 Å². The van der Waals surface area contributed by atoms with Gasteiger partial charge in [-0.1, -0.05) is 57.4 Å².